The Morgan fingerprint density at radius 3 is 2.54 bits per heavy atom. The highest BCUT2D eigenvalue weighted by Gasteiger charge is 2.32. The summed E-state index contributed by atoms with van der Waals surface area (Å²) in [6.45, 7) is 8.25. The normalized spacial score (nSPS) is 24.9. The molecule has 3 atom stereocenters. The fraction of sp³-hybridized carbons (Fsp3) is 0.588. The van der Waals surface area contributed by atoms with Crippen LogP contribution in [0.2, 0.25) is 0 Å². The first-order chi connectivity index (χ1) is 11.3. The Labute approximate surface area is 142 Å². The molecule has 1 aromatic carbocycles. The standard InChI is InChI=1S/C17H25N3O4/c1-11-7-12(2)10-19(9-11)13(3)17(21)18-15-8-14(20(22)23)5-6-16(15)24-4/h5-6,8,11-13H,7,9-10H2,1-4H3,(H,18,21)/p+1/t11-,12-,13+/m1/s1. The van der Waals surface area contributed by atoms with Crippen molar-refractivity contribution in [1.82, 2.24) is 0 Å². The quantitative estimate of drug-likeness (QED) is 0.630. The summed E-state index contributed by atoms with van der Waals surface area (Å²) in [6.07, 6.45) is 1.19. The molecule has 0 bridgehead atoms. The van der Waals surface area contributed by atoms with Crippen LogP contribution in [0, 0.1) is 22.0 Å². The minimum atomic E-state index is -0.488. The summed E-state index contributed by atoms with van der Waals surface area (Å²) >= 11 is 0. The van der Waals surface area contributed by atoms with Gasteiger partial charge in [-0.2, -0.15) is 0 Å². The highest BCUT2D eigenvalue weighted by Crippen LogP contribution is 2.28. The van der Waals surface area contributed by atoms with Gasteiger partial charge in [0.2, 0.25) is 0 Å². The number of carbonyl (C=O) groups excluding carboxylic acids is 1. The van der Waals surface area contributed by atoms with Crippen molar-refractivity contribution in [2.75, 3.05) is 25.5 Å². The second kappa shape index (κ2) is 7.61. The SMILES string of the molecule is COc1ccc([N+](=O)[O-])cc1NC(=O)[C@H](C)[NH+]1C[C@H](C)C[C@@H](C)C1. The van der Waals surface area contributed by atoms with E-state index in [1.165, 1.54) is 36.6 Å². The van der Waals surface area contributed by atoms with Crippen molar-refractivity contribution in [2.45, 2.75) is 33.2 Å². The number of piperidine rings is 1. The molecule has 1 aliphatic heterocycles. The molecular formula is C17H26N3O4+. The molecule has 1 amide bonds. The maximum atomic E-state index is 12.6. The van der Waals surface area contributed by atoms with E-state index in [4.69, 9.17) is 4.74 Å². The lowest BCUT2D eigenvalue weighted by Crippen LogP contribution is -3.18. The molecule has 24 heavy (non-hydrogen) atoms. The number of nitrogens with zero attached hydrogens (tertiary/aromatic N) is 1. The molecule has 1 saturated heterocycles. The third kappa shape index (κ3) is 4.23. The van der Waals surface area contributed by atoms with Crippen molar-refractivity contribution >= 4 is 17.3 Å². The van der Waals surface area contributed by atoms with Crippen LogP contribution in [0.5, 0.6) is 5.75 Å². The number of methoxy groups -OCH3 is 1. The number of non-ortho nitro benzene ring substituents is 1. The average Bonchev–Trinajstić information content (AvgIpc) is 2.52. The third-order valence-corrected chi connectivity index (χ3v) is 4.68. The Hall–Kier alpha value is -2.15. The molecule has 132 valence electrons. The number of ether oxygens (including phenoxy) is 1. The van der Waals surface area contributed by atoms with E-state index in [-0.39, 0.29) is 17.6 Å². The van der Waals surface area contributed by atoms with E-state index in [0.717, 1.165) is 13.1 Å². The van der Waals surface area contributed by atoms with Crippen LogP contribution in [0.3, 0.4) is 0 Å². The molecule has 0 unspecified atom stereocenters. The summed E-state index contributed by atoms with van der Waals surface area (Å²) in [5, 5.41) is 13.7. The van der Waals surface area contributed by atoms with Crippen LogP contribution in [0.25, 0.3) is 0 Å². The molecule has 0 aliphatic carbocycles. The maximum absolute atomic E-state index is 12.6. The van der Waals surface area contributed by atoms with Crippen LogP contribution in [0.1, 0.15) is 27.2 Å². The van der Waals surface area contributed by atoms with Crippen molar-refractivity contribution in [1.29, 1.82) is 0 Å². The summed E-state index contributed by atoms with van der Waals surface area (Å²) < 4.78 is 5.20. The van der Waals surface area contributed by atoms with Gasteiger partial charge in [0.1, 0.15) is 5.75 Å². The molecule has 0 spiro atoms. The number of nitro groups is 1. The van der Waals surface area contributed by atoms with E-state index >= 15 is 0 Å². The van der Waals surface area contributed by atoms with Gasteiger partial charge in [0, 0.05) is 24.0 Å². The number of amides is 1. The van der Waals surface area contributed by atoms with Gasteiger partial charge in [-0.1, -0.05) is 13.8 Å². The smallest absolute Gasteiger partial charge is 0.282 e. The zero-order valence-electron chi connectivity index (χ0n) is 14.7. The van der Waals surface area contributed by atoms with Gasteiger partial charge in [-0.3, -0.25) is 14.9 Å². The number of hydrogen-bond acceptors (Lipinski definition) is 4. The van der Waals surface area contributed by atoms with E-state index in [2.05, 4.69) is 19.2 Å². The summed E-state index contributed by atoms with van der Waals surface area (Å²) in [4.78, 5) is 24.3. The Morgan fingerprint density at radius 2 is 2.00 bits per heavy atom. The van der Waals surface area contributed by atoms with Crippen LogP contribution >= 0.6 is 0 Å². The molecule has 0 radical (unpaired) electrons. The average molecular weight is 336 g/mol. The fourth-order valence-electron chi connectivity index (χ4n) is 3.52. The highest BCUT2D eigenvalue weighted by atomic mass is 16.6. The molecule has 1 heterocycles. The predicted molar refractivity (Wildman–Crippen MR) is 91.4 cm³/mol. The van der Waals surface area contributed by atoms with Crippen LogP contribution < -0.4 is 15.0 Å². The summed E-state index contributed by atoms with van der Waals surface area (Å²) in [6, 6.07) is 3.97. The number of quaternary nitrogens is 1. The molecular weight excluding hydrogens is 310 g/mol. The van der Waals surface area contributed by atoms with Crippen molar-refractivity contribution < 1.29 is 19.4 Å². The monoisotopic (exact) mass is 336 g/mol. The van der Waals surface area contributed by atoms with Crippen LogP contribution in [0.15, 0.2) is 18.2 Å². The number of anilines is 1. The van der Waals surface area contributed by atoms with E-state index in [0.29, 0.717) is 23.3 Å². The molecule has 2 rings (SSSR count). The van der Waals surface area contributed by atoms with E-state index < -0.39 is 4.92 Å². The highest BCUT2D eigenvalue weighted by molar-refractivity contribution is 5.95. The van der Waals surface area contributed by atoms with Crippen molar-refractivity contribution in [3.05, 3.63) is 28.3 Å². The minimum absolute atomic E-state index is 0.0775. The number of rotatable bonds is 5. The van der Waals surface area contributed by atoms with Crippen LogP contribution in [-0.2, 0) is 4.79 Å². The molecule has 7 nitrogen and oxygen atoms in total. The van der Waals surface area contributed by atoms with Gasteiger partial charge >= 0.3 is 0 Å². The minimum Gasteiger partial charge on any atom is -0.495 e. The Kier molecular flexibility index (Phi) is 5.77. The molecule has 2 N–H and O–H groups in total. The Bertz CT molecular complexity index is 610. The van der Waals surface area contributed by atoms with Crippen molar-refractivity contribution in [2.24, 2.45) is 11.8 Å². The van der Waals surface area contributed by atoms with Gasteiger partial charge in [0.25, 0.3) is 11.6 Å². The summed E-state index contributed by atoms with van der Waals surface area (Å²) in [5.41, 5.74) is 0.257. The topological polar surface area (TPSA) is 85.9 Å². The zero-order valence-corrected chi connectivity index (χ0v) is 14.7. The first-order valence-corrected chi connectivity index (χ1v) is 8.29. The molecule has 0 aromatic heterocycles. The van der Waals surface area contributed by atoms with Crippen molar-refractivity contribution in [3.63, 3.8) is 0 Å². The summed E-state index contributed by atoms with van der Waals surface area (Å²) in [5.74, 6) is 1.44. The fourth-order valence-corrected chi connectivity index (χ4v) is 3.52. The molecule has 7 heteroatoms. The van der Waals surface area contributed by atoms with E-state index in [9.17, 15) is 14.9 Å². The van der Waals surface area contributed by atoms with Gasteiger partial charge in [-0.15, -0.1) is 0 Å². The third-order valence-electron chi connectivity index (χ3n) is 4.68. The number of nitro benzene ring substituents is 1. The lowest BCUT2D eigenvalue weighted by molar-refractivity contribution is -0.925. The number of nitrogens with one attached hydrogen (secondary N) is 2. The molecule has 1 aromatic rings. The van der Waals surface area contributed by atoms with Gasteiger partial charge in [-0.05, 0) is 19.4 Å². The van der Waals surface area contributed by atoms with Crippen LogP contribution in [-0.4, -0.2) is 37.1 Å². The van der Waals surface area contributed by atoms with Gasteiger partial charge in [-0.25, -0.2) is 0 Å². The predicted octanol–water partition coefficient (Wildman–Crippen LogP) is 1.49. The second-order valence-corrected chi connectivity index (χ2v) is 6.87. The van der Waals surface area contributed by atoms with E-state index in [1.807, 2.05) is 6.92 Å². The lowest BCUT2D eigenvalue weighted by atomic mass is 9.91. The van der Waals surface area contributed by atoms with Gasteiger partial charge in [0.05, 0.1) is 30.8 Å². The van der Waals surface area contributed by atoms with Crippen LogP contribution in [0.4, 0.5) is 11.4 Å². The summed E-state index contributed by atoms with van der Waals surface area (Å²) in [7, 11) is 1.47. The maximum Gasteiger partial charge on any atom is 0.282 e. The first kappa shape index (κ1) is 18.2. The lowest BCUT2D eigenvalue weighted by Gasteiger charge is -2.35. The molecule has 1 fully saturated rings. The zero-order chi connectivity index (χ0) is 17.9. The Balaban J connectivity index is 2.13. The Morgan fingerprint density at radius 1 is 1.38 bits per heavy atom. The second-order valence-electron chi connectivity index (χ2n) is 6.87. The number of benzene rings is 1. The van der Waals surface area contributed by atoms with Crippen molar-refractivity contribution in [3.8, 4) is 5.75 Å². The first-order valence-electron chi connectivity index (χ1n) is 8.29. The number of carbonyl (C=O) groups is 1. The van der Waals surface area contributed by atoms with Gasteiger partial charge < -0.3 is 15.0 Å². The number of hydrogen-bond donors (Lipinski definition) is 2. The molecule has 0 saturated carbocycles. The largest absolute Gasteiger partial charge is 0.495 e. The van der Waals surface area contributed by atoms with Gasteiger partial charge in [0.15, 0.2) is 6.04 Å². The molecule has 1 aliphatic rings. The number of likely N-dealkylation sites (tertiary alicyclic amines) is 1. The van der Waals surface area contributed by atoms with E-state index in [1.54, 1.807) is 0 Å².